The molecule has 1 aliphatic heterocycles. The van der Waals surface area contributed by atoms with E-state index in [2.05, 4.69) is 45.1 Å². The topological polar surface area (TPSA) is 15.3 Å². The number of nitrogens with zero attached hydrogens (tertiary/aromatic N) is 1. The highest BCUT2D eigenvalue weighted by Crippen LogP contribution is 2.33. The molecule has 1 N–H and O–H groups in total. The van der Waals surface area contributed by atoms with Crippen LogP contribution in [0.25, 0.3) is 0 Å². The van der Waals surface area contributed by atoms with Crippen LogP contribution in [0.2, 0.25) is 0 Å². The van der Waals surface area contributed by atoms with E-state index in [9.17, 15) is 0 Å². The third-order valence-electron chi connectivity index (χ3n) is 3.27. The van der Waals surface area contributed by atoms with Gasteiger partial charge in [0.1, 0.15) is 0 Å². The molecule has 0 aromatic carbocycles. The van der Waals surface area contributed by atoms with Crippen molar-refractivity contribution in [3.05, 3.63) is 0 Å². The van der Waals surface area contributed by atoms with Gasteiger partial charge in [-0.1, -0.05) is 20.8 Å². The third kappa shape index (κ3) is 2.96. The molecule has 1 unspecified atom stereocenters. The number of hydrogen-bond donors (Lipinski definition) is 1. The Labute approximate surface area is 89.1 Å². The molecule has 0 amide bonds. The lowest BCUT2D eigenvalue weighted by atomic mass is 9.75. The molecule has 0 spiro atoms. The summed E-state index contributed by atoms with van der Waals surface area (Å²) in [4.78, 5) is 2.41. The van der Waals surface area contributed by atoms with Crippen LogP contribution in [0.5, 0.6) is 0 Å². The van der Waals surface area contributed by atoms with Gasteiger partial charge in [-0.25, -0.2) is 0 Å². The van der Waals surface area contributed by atoms with Crippen LogP contribution in [0, 0.1) is 11.3 Å². The van der Waals surface area contributed by atoms with Crippen molar-refractivity contribution in [1.29, 1.82) is 0 Å². The summed E-state index contributed by atoms with van der Waals surface area (Å²) in [5.74, 6) is 0.867. The van der Waals surface area contributed by atoms with Crippen molar-refractivity contribution in [2.45, 2.75) is 39.7 Å². The summed E-state index contributed by atoms with van der Waals surface area (Å²) >= 11 is 0. The second-order valence-corrected chi connectivity index (χ2v) is 5.86. The second-order valence-electron chi connectivity index (χ2n) is 5.86. The maximum Gasteiger partial charge on any atom is 0.0167 e. The minimum absolute atomic E-state index is 0.394. The first-order valence-corrected chi connectivity index (χ1v) is 5.80. The Kier molecular flexibility index (Phi) is 3.96. The van der Waals surface area contributed by atoms with E-state index >= 15 is 0 Å². The Morgan fingerprint density at radius 2 is 1.64 bits per heavy atom. The molecule has 0 radical (unpaired) electrons. The molecule has 1 rings (SSSR count). The highest BCUT2D eigenvalue weighted by atomic mass is 15.1. The van der Waals surface area contributed by atoms with Gasteiger partial charge in [0.25, 0.3) is 0 Å². The van der Waals surface area contributed by atoms with Crippen LogP contribution in [0.4, 0.5) is 0 Å². The fourth-order valence-electron chi connectivity index (χ4n) is 3.06. The largest absolute Gasteiger partial charge is 0.317 e. The second kappa shape index (κ2) is 4.63. The van der Waals surface area contributed by atoms with E-state index in [4.69, 9.17) is 0 Å². The van der Waals surface area contributed by atoms with Crippen LogP contribution < -0.4 is 5.32 Å². The van der Waals surface area contributed by atoms with Crippen molar-refractivity contribution in [3.8, 4) is 0 Å². The van der Waals surface area contributed by atoms with Crippen LogP contribution in [0.1, 0.15) is 33.6 Å². The molecule has 84 valence electrons. The monoisotopic (exact) mass is 198 g/mol. The summed E-state index contributed by atoms with van der Waals surface area (Å²) in [7, 11) is 4.44. The normalized spacial score (nSPS) is 22.7. The summed E-state index contributed by atoms with van der Waals surface area (Å²) < 4.78 is 0. The summed E-state index contributed by atoms with van der Waals surface area (Å²) in [6, 6.07) is 0.713. The van der Waals surface area contributed by atoms with Gasteiger partial charge in [-0.3, -0.25) is 0 Å². The molecule has 14 heavy (non-hydrogen) atoms. The summed E-state index contributed by atoms with van der Waals surface area (Å²) in [6.07, 6.45) is 2.67. The molecular weight excluding hydrogens is 172 g/mol. The highest BCUT2D eigenvalue weighted by Gasteiger charge is 2.34. The number of rotatable bonds is 2. The quantitative estimate of drug-likeness (QED) is 0.730. The molecule has 0 aliphatic carbocycles. The van der Waals surface area contributed by atoms with Crippen LogP contribution in [-0.2, 0) is 0 Å². The van der Waals surface area contributed by atoms with E-state index in [1.807, 2.05) is 0 Å². The van der Waals surface area contributed by atoms with E-state index in [1.54, 1.807) is 0 Å². The Hall–Kier alpha value is -0.0800. The Bertz CT molecular complexity index is 164. The number of hydrogen-bond acceptors (Lipinski definition) is 2. The van der Waals surface area contributed by atoms with Gasteiger partial charge in [-0.15, -0.1) is 0 Å². The van der Waals surface area contributed by atoms with Gasteiger partial charge in [0.05, 0.1) is 0 Å². The summed E-state index contributed by atoms with van der Waals surface area (Å²) in [5, 5.41) is 3.44. The molecule has 2 nitrogen and oxygen atoms in total. The fraction of sp³-hybridized carbons (Fsp3) is 1.00. The first kappa shape index (κ1) is 12.0. The molecule has 0 aromatic heterocycles. The molecule has 2 heteroatoms. The van der Waals surface area contributed by atoms with Gasteiger partial charge < -0.3 is 10.2 Å². The zero-order valence-corrected chi connectivity index (χ0v) is 10.4. The third-order valence-corrected chi connectivity index (χ3v) is 3.27. The highest BCUT2D eigenvalue weighted by molar-refractivity contribution is 4.88. The zero-order chi connectivity index (χ0) is 10.8. The Morgan fingerprint density at radius 1 is 1.14 bits per heavy atom. The van der Waals surface area contributed by atoms with Gasteiger partial charge in [-0.05, 0) is 51.4 Å². The lowest BCUT2D eigenvalue weighted by molar-refractivity contribution is 0.0761. The van der Waals surface area contributed by atoms with Crippen LogP contribution in [-0.4, -0.2) is 38.1 Å². The van der Waals surface area contributed by atoms with Gasteiger partial charge in [-0.2, -0.15) is 0 Å². The zero-order valence-electron chi connectivity index (χ0n) is 10.4. The lowest BCUT2D eigenvalue weighted by Gasteiger charge is -2.43. The van der Waals surface area contributed by atoms with E-state index in [0.29, 0.717) is 11.5 Å². The molecule has 1 fully saturated rings. The van der Waals surface area contributed by atoms with Crippen molar-refractivity contribution in [3.63, 3.8) is 0 Å². The standard InChI is InChI=1S/C12H26N2/c1-12(2,3)11(14(4)5)10-6-8-13-9-7-10/h10-11,13H,6-9H2,1-5H3. The first-order valence-electron chi connectivity index (χ1n) is 5.80. The predicted molar refractivity (Wildman–Crippen MR) is 62.5 cm³/mol. The summed E-state index contributed by atoms with van der Waals surface area (Å²) in [5.41, 5.74) is 0.394. The number of nitrogens with one attached hydrogen (secondary N) is 1. The van der Waals surface area contributed by atoms with Crippen molar-refractivity contribution in [2.75, 3.05) is 27.2 Å². The fourth-order valence-corrected chi connectivity index (χ4v) is 3.06. The number of piperidine rings is 1. The van der Waals surface area contributed by atoms with Crippen molar-refractivity contribution in [2.24, 2.45) is 11.3 Å². The lowest BCUT2D eigenvalue weighted by Crippen LogP contribution is -2.48. The maximum atomic E-state index is 3.44. The van der Waals surface area contributed by atoms with E-state index < -0.39 is 0 Å². The Balaban J connectivity index is 2.66. The summed E-state index contributed by atoms with van der Waals surface area (Å²) in [6.45, 7) is 9.48. The molecule has 1 heterocycles. The van der Waals surface area contributed by atoms with E-state index in [-0.39, 0.29) is 0 Å². The van der Waals surface area contributed by atoms with Gasteiger partial charge in [0, 0.05) is 6.04 Å². The molecule has 0 bridgehead atoms. The average Bonchev–Trinajstić information content (AvgIpc) is 2.02. The molecule has 0 saturated carbocycles. The Morgan fingerprint density at radius 3 is 2.00 bits per heavy atom. The molecular formula is C12H26N2. The minimum atomic E-state index is 0.394. The van der Waals surface area contributed by atoms with E-state index in [1.165, 1.54) is 25.9 Å². The average molecular weight is 198 g/mol. The predicted octanol–water partition coefficient (Wildman–Crippen LogP) is 1.96. The van der Waals surface area contributed by atoms with Gasteiger partial charge >= 0.3 is 0 Å². The van der Waals surface area contributed by atoms with Crippen molar-refractivity contribution in [1.82, 2.24) is 10.2 Å². The first-order chi connectivity index (χ1) is 6.43. The smallest absolute Gasteiger partial charge is 0.0167 e. The van der Waals surface area contributed by atoms with Gasteiger partial charge in [0.2, 0.25) is 0 Å². The van der Waals surface area contributed by atoms with Crippen molar-refractivity contribution >= 4 is 0 Å². The van der Waals surface area contributed by atoms with Crippen LogP contribution in [0.15, 0.2) is 0 Å². The maximum absolute atomic E-state index is 3.44. The SMILES string of the molecule is CN(C)C(C1CCNCC1)C(C)(C)C. The molecule has 1 atom stereocenters. The minimum Gasteiger partial charge on any atom is -0.317 e. The van der Waals surface area contributed by atoms with Crippen molar-refractivity contribution < 1.29 is 0 Å². The molecule has 1 aliphatic rings. The molecule has 0 aromatic rings. The molecule has 1 saturated heterocycles. The van der Waals surface area contributed by atoms with Crippen LogP contribution in [0.3, 0.4) is 0 Å². The van der Waals surface area contributed by atoms with Crippen LogP contribution >= 0.6 is 0 Å². The van der Waals surface area contributed by atoms with Gasteiger partial charge in [0.15, 0.2) is 0 Å². The van der Waals surface area contributed by atoms with E-state index in [0.717, 1.165) is 5.92 Å².